The van der Waals surface area contributed by atoms with Crippen LogP contribution >= 0.6 is 22.6 Å². The molecule has 1 aromatic rings. The second kappa shape index (κ2) is 3.70. The molecule has 11 heavy (non-hydrogen) atoms. The van der Waals surface area contributed by atoms with Gasteiger partial charge in [-0.25, -0.2) is 0 Å². The number of nitrogens with zero attached hydrogens (tertiary/aromatic N) is 2. The third-order valence-corrected chi connectivity index (χ3v) is 1.60. The van der Waals surface area contributed by atoms with Gasteiger partial charge in [0, 0.05) is 6.07 Å². The summed E-state index contributed by atoms with van der Waals surface area (Å²) < 4.78 is 10.5. The highest BCUT2D eigenvalue weighted by atomic mass is 127. The minimum absolute atomic E-state index is 0.328. The predicted octanol–water partition coefficient (Wildman–Crippen LogP) is 1.10. The first-order chi connectivity index (χ1) is 5.26. The van der Waals surface area contributed by atoms with Crippen LogP contribution in [-0.4, -0.2) is 24.2 Å². The van der Waals surface area contributed by atoms with E-state index in [0.717, 1.165) is 3.70 Å². The van der Waals surface area contributed by atoms with Gasteiger partial charge in [-0.1, -0.05) is 0 Å². The zero-order chi connectivity index (χ0) is 8.27. The molecule has 60 valence electrons. The summed E-state index contributed by atoms with van der Waals surface area (Å²) in [5.41, 5.74) is 0. The van der Waals surface area contributed by atoms with Gasteiger partial charge in [0.15, 0.2) is 0 Å². The second-order valence-electron chi connectivity index (χ2n) is 1.72. The Morgan fingerprint density at radius 2 is 2.00 bits per heavy atom. The van der Waals surface area contributed by atoms with Crippen LogP contribution in [0.2, 0.25) is 0 Å². The van der Waals surface area contributed by atoms with E-state index in [1.54, 1.807) is 13.2 Å². The zero-order valence-electron chi connectivity index (χ0n) is 6.17. The molecular formula is C6H7IN2O2. The highest BCUT2D eigenvalue weighted by molar-refractivity contribution is 14.1. The fourth-order valence-corrected chi connectivity index (χ4v) is 1.05. The van der Waals surface area contributed by atoms with E-state index in [4.69, 9.17) is 9.47 Å². The van der Waals surface area contributed by atoms with Crippen LogP contribution < -0.4 is 9.47 Å². The van der Waals surface area contributed by atoms with Crippen molar-refractivity contribution in [2.45, 2.75) is 0 Å². The molecule has 4 nitrogen and oxygen atoms in total. The lowest BCUT2D eigenvalue weighted by atomic mass is 10.6. The molecule has 0 unspecified atom stereocenters. The minimum atomic E-state index is 0.328. The average Bonchev–Trinajstić information content (AvgIpc) is 2.03. The molecule has 1 aromatic heterocycles. The van der Waals surface area contributed by atoms with Crippen LogP contribution in [0.3, 0.4) is 0 Å². The summed E-state index contributed by atoms with van der Waals surface area (Å²) in [6, 6.07) is 2.05. The van der Waals surface area contributed by atoms with E-state index in [1.807, 2.05) is 0 Å². The quantitative estimate of drug-likeness (QED) is 0.594. The van der Waals surface area contributed by atoms with E-state index in [1.165, 1.54) is 7.11 Å². The normalized spacial score (nSPS) is 9.36. The summed E-state index contributed by atoms with van der Waals surface area (Å²) in [6.45, 7) is 0. The summed E-state index contributed by atoms with van der Waals surface area (Å²) in [5.74, 6) is 0.515. The lowest BCUT2D eigenvalue weighted by Crippen LogP contribution is -1.96. The third-order valence-electron chi connectivity index (χ3n) is 1.04. The van der Waals surface area contributed by atoms with Gasteiger partial charge in [0.25, 0.3) is 0 Å². The number of hydrogen-bond donors (Lipinski definition) is 0. The summed E-state index contributed by atoms with van der Waals surface area (Å²) >= 11 is 2.07. The standard InChI is InChI=1S/C6H7IN2O2/c1-10-5-3-4(7)8-6(9-5)11-2/h3H,1-2H3. The molecule has 0 aromatic carbocycles. The van der Waals surface area contributed by atoms with Crippen LogP contribution in [0.15, 0.2) is 6.07 Å². The maximum absolute atomic E-state index is 4.90. The van der Waals surface area contributed by atoms with E-state index in [-0.39, 0.29) is 0 Å². The molecule has 0 aliphatic heterocycles. The fourth-order valence-electron chi connectivity index (χ4n) is 0.573. The van der Waals surface area contributed by atoms with Gasteiger partial charge in [0.1, 0.15) is 3.70 Å². The molecule has 5 heteroatoms. The van der Waals surface area contributed by atoms with Crippen molar-refractivity contribution in [3.05, 3.63) is 9.77 Å². The van der Waals surface area contributed by atoms with Crippen LogP contribution in [0.25, 0.3) is 0 Å². The van der Waals surface area contributed by atoms with Crippen molar-refractivity contribution in [3.63, 3.8) is 0 Å². The van der Waals surface area contributed by atoms with E-state index < -0.39 is 0 Å². The Morgan fingerprint density at radius 3 is 2.55 bits per heavy atom. The van der Waals surface area contributed by atoms with Crippen molar-refractivity contribution >= 4 is 22.6 Å². The van der Waals surface area contributed by atoms with Crippen molar-refractivity contribution in [1.29, 1.82) is 0 Å². The van der Waals surface area contributed by atoms with Crippen LogP contribution in [-0.2, 0) is 0 Å². The first kappa shape index (κ1) is 8.51. The molecule has 0 aliphatic carbocycles. The van der Waals surface area contributed by atoms with Gasteiger partial charge in [0.2, 0.25) is 5.88 Å². The van der Waals surface area contributed by atoms with Crippen LogP contribution in [0.4, 0.5) is 0 Å². The summed E-state index contributed by atoms with van der Waals surface area (Å²) in [6.07, 6.45) is 0. The average molecular weight is 266 g/mol. The van der Waals surface area contributed by atoms with Gasteiger partial charge in [0.05, 0.1) is 14.2 Å². The molecule has 1 rings (SSSR count). The second-order valence-corrected chi connectivity index (χ2v) is 2.82. The largest absolute Gasteiger partial charge is 0.481 e. The number of rotatable bonds is 2. The predicted molar refractivity (Wildman–Crippen MR) is 47.9 cm³/mol. The van der Waals surface area contributed by atoms with Gasteiger partial charge in [-0.15, -0.1) is 0 Å². The third kappa shape index (κ3) is 2.18. The molecule has 0 saturated heterocycles. The summed E-state index contributed by atoms with van der Waals surface area (Å²) in [4.78, 5) is 7.88. The van der Waals surface area contributed by atoms with Crippen LogP contribution in [0, 0.1) is 3.70 Å². The molecular weight excluding hydrogens is 259 g/mol. The summed E-state index contributed by atoms with van der Waals surface area (Å²) in [5, 5.41) is 0. The smallest absolute Gasteiger partial charge is 0.320 e. The first-order valence-electron chi connectivity index (χ1n) is 2.89. The molecule has 0 radical (unpaired) electrons. The van der Waals surface area contributed by atoms with Crippen LogP contribution in [0.1, 0.15) is 0 Å². The Bertz CT molecular complexity index is 232. The molecule has 0 saturated carbocycles. The van der Waals surface area contributed by atoms with Crippen molar-refractivity contribution in [2.75, 3.05) is 14.2 Å². The van der Waals surface area contributed by atoms with Crippen molar-refractivity contribution in [3.8, 4) is 11.9 Å². The van der Waals surface area contributed by atoms with E-state index >= 15 is 0 Å². The Labute approximate surface area is 78.1 Å². The lowest BCUT2D eigenvalue weighted by molar-refractivity contribution is 0.350. The molecule has 0 spiro atoms. The highest BCUT2D eigenvalue weighted by Gasteiger charge is 2.01. The summed E-state index contributed by atoms with van der Waals surface area (Å²) in [7, 11) is 3.07. The maximum Gasteiger partial charge on any atom is 0.320 e. The molecule has 0 bridgehead atoms. The Hall–Kier alpha value is -0.590. The van der Waals surface area contributed by atoms with Crippen LogP contribution in [0.5, 0.6) is 11.9 Å². The van der Waals surface area contributed by atoms with Gasteiger partial charge in [-0.05, 0) is 22.6 Å². The van der Waals surface area contributed by atoms with E-state index in [0.29, 0.717) is 11.9 Å². The van der Waals surface area contributed by atoms with E-state index in [2.05, 4.69) is 32.6 Å². The molecule has 1 heterocycles. The number of ether oxygens (including phenoxy) is 2. The number of hydrogen-bond acceptors (Lipinski definition) is 4. The lowest BCUT2D eigenvalue weighted by Gasteiger charge is -2.01. The molecule has 0 fully saturated rings. The minimum Gasteiger partial charge on any atom is -0.481 e. The molecule has 0 atom stereocenters. The maximum atomic E-state index is 4.90. The van der Waals surface area contributed by atoms with E-state index in [9.17, 15) is 0 Å². The monoisotopic (exact) mass is 266 g/mol. The topological polar surface area (TPSA) is 44.2 Å². The Kier molecular flexibility index (Phi) is 2.86. The van der Waals surface area contributed by atoms with Crippen molar-refractivity contribution in [1.82, 2.24) is 9.97 Å². The molecule has 0 N–H and O–H groups in total. The fraction of sp³-hybridized carbons (Fsp3) is 0.333. The Balaban J connectivity index is 3.02. The Morgan fingerprint density at radius 1 is 1.27 bits per heavy atom. The highest BCUT2D eigenvalue weighted by Crippen LogP contribution is 2.14. The zero-order valence-corrected chi connectivity index (χ0v) is 8.32. The number of aromatic nitrogens is 2. The number of methoxy groups -OCH3 is 2. The van der Waals surface area contributed by atoms with Gasteiger partial charge < -0.3 is 9.47 Å². The van der Waals surface area contributed by atoms with Gasteiger partial charge in [-0.3, -0.25) is 0 Å². The van der Waals surface area contributed by atoms with Crippen molar-refractivity contribution in [2.24, 2.45) is 0 Å². The van der Waals surface area contributed by atoms with Gasteiger partial charge in [-0.2, -0.15) is 9.97 Å². The molecule has 0 aliphatic rings. The number of halogens is 1. The first-order valence-corrected chi connectivity index (χ1v) is 3.96. The SMILES string of the molecule is COc1cc(I)nc(OC)n1. The van der Waals surface area contributed by atoms with Crippen molar-refractivity contribution < 1.29 is 9.47 Å². The molecule has 0 amide bonds. The van der Waals surface area contributed by atoms with Gasteiger partial charge >= 0.3 is 6.01 Å².